The topological polar surface area (TPSA) is 49.4 Å². The van der Waals surface area contributed by atoms with E-state index < -0.39 is 11.9 Å². The molecule has 0 spiro atoms. The van der Waals surface area contributed by atoms with E-state index in [2.05, 4.69) is 5.32 Å². The molecule has 2 amide bonds. The molecular formula is C20H21FN2O2. The van der Waals surface area contributed by atoms with Gasteiger partial charge >= 0.3 is 0 Å². The van der Waals surface area contributed by atoms with Crippen molar-refractivity contribution in [3.63, 3.8) is 0 Å². The van der Waals surface area contributed by atoms with Gasteiger partial charge in [-0.3, -0.25) is 9.59 Å². The summed E-state index contributed by atoms with van der Waals surface area (Å²) < 4.78 is 13.4. The van der Waals surface area contributed by atoms with Gasteiger partial charge in [-0.05, 0) is 49.1 Å². The summed E-state index contributed by atoms with van der Waals surface area (Å²) >= 11 is 0. The van der Waals surface area contributed by atoms with Crippen molar-refractivity contribution in [1.82, 2.24) is 4.90 Å². The molecule has 0 unspecified atom stereocenters. The molecule has 1 aliphatic heterocycles. The minimum Gasteiger partial charge on any atom is -0.327 e. The zero-order valence-corrected chi connectivity index (χ0v) is 14.2. The standard InChI is InChI=1S/C20H21FN2O2/c1-2-14-7-3-4-10-17(14)22-19(24)18-11-6-12-23(18)20(25)15-8-5-9-16(21)13-15/h3-5,7-10,13,18H,2,6,11-12H2,1H3,(H,22,24)/t18-/m0/s1. The average Bonchev–Trinajstić information content (AvgIpc) is 3.11. The fourth-order valence-electron chi connectivity index (χ4n) is 3.24. The Balaban J connectivity index is 1.77. The molecule has 5 heteroatoms. The lowest BCUT2D eigenvalue weighted by molar-refractivity contribution is -0.119. The number of rotatable bonds is 4. The van der Waals surface area contributed by atoms with Crippen molar-refractivity contribution in [1.29, 1.82) is 0 Å². The molecule has 1 aliphatic rings. The average molecular weight is 340 g/mol. The van der Waals surface area contributed by atoms with Crippen molar-refractivity contribution in [2.75, 3.05) is 11.9 Å². The van der Waals surface area contributed by atoms with E-state index in [1.54, 1.807) is 11.0 Å². The summed E-state index contributed by atoms with van der Waals surface area (Å²) in [5.41, 5.74) is 2.10. The molecule has 4 nitrogen and oxygen atoms in total. The summed E-state index contributed by atoms with van der Waals surface area (Å²) in [4.78, 5) is 26.9. The fraction of sp³-hybridized carbons (Fsp3) is 0.300. The molecule has 3 rings (SSSR count). The van der Waals surface area contributed by atoms with E-state index in [9.17, 15) is 14.0 Å². The first-order valence-electron chi connectivity index (χ1n) is 8.55. The van der Waals surface area contributed by atoms with Crippen molar-refractivity contribution >= 4 is 17.5 Å². The number of likely N-dealkylation sites (tertiary alicyclic amines) is 1. The van der Waals surface area contributed by atoms with Crippen molar-refractivity contribution in [2.24, 2.45) is 0 Å². The minimum absolute atomic E-state index is 0.192. The molecule has 1 fully saturated rings. The number of hydrogen-bond donors (Lipinski definition) is 1. The third-order valence-corrected chi connectivity index (χ3v) is 4.54. The number of anilines is 1. The molecule has 0 aromatic heterocycles. The van der Waals surface area contributed by atoms with E-state index >= 15 is 0 Å². The number of carbonyl (C=O) groups excluding carboxylic acids is 2. The van der Waals surface area contributed by atoms with Crippen LogP contribution in [0.15, 0.2) is 48.5 Å². The van der Waals surface area contributed by atoms with Crippen molar-refractivity contribution in [2.45, 2.75) is 32.2 Å². The number of para-hydroxylation sites is 1. The Hall–Kier alpha value is -2.69. The second kappa shape index (κ2) is 7.47. The molecule has 1 atom stereocenters. The van der Waals surface area contributed by atoms with Crippen LogP contribution in [-0.2, 0) is 11.2 Å². The number of aryl methyl sites for hydroxylation is 1. The van der Waals surface area contributed by atoms with Crippen LogP contribution in [0.5, 0.6) is 0 Å². The zero-order valence-electron chi connectivity index (χ0n) is 14.2. The monoisotopic (exact) mass is 340 g/mol. The number of carbonyl (C=O) groups is 2. The van der Waals surface area contributed by atoms with Crippen LogP contribution < -0.4 is 5.32 Å². The van der Waals surface area contributed by atoms with E-state index in [1.807, 2.05) is 31.2 Å². The van der Waals surface area contributed by atoms with E-state index in [0.29, 0.717) is 13.0 Å². The maximum Gasteiger partial charge on any atom is 0.254 e. The molecule has 25 heavy (non-hydrogen) atoms. The van der Waals surface area contributed by atoms with Crippen molar-refractivity contribution < 1.29 is 14.0 Å². The lowest BCUT2D eigenvalue weighted by atomic mass is 10.1. The molecule has 0 radical (unpaired) electrons. The zero-order chi connectivity index (χ0) is 17.8. The van der Waals surface area contributed by atoms with Gasteiger partial charge in [0.1, 0.15) is 11.9 Å². The molecule has 2 aromatic carbocycles. The van der Waals surface area contributed by atoms with Gasteiger partial charge in [0.05, 0.1) is 0 Å². The molecule has 0 bridgehead atoms. The quantitative estimate of drug-likeness (QED) is 0.924. The molecular weight excluding hydrogens is 319 g/mol. The molecule has 0 saturated carbocycles. The van der Waals surface area contributed by atoms with Gasteiger partial charge in [-0.2, -0.15) is 0 Å². The molecule has 130 valence electrons. The largest absolute Gasteiger partial charge is 0.327 e. The predicted octanol–water partition coefficient (Wildman–Crippen LogP) is 3.63. The Kier molecular flexibility index (Phi) is 5.12. The summed E-state index contributed by atoms with van der Waals surface area (Å²) in [6.45, 7) is 2.53. The van der Waals surface area contributed by atoms with Gasteiger partial charge in [-0.15, -0.1) is 0 Å². The van der Waals surface area contributed by atoms with E-state index in [0.717, 1.165) is 24.1 Å². The third-order valence-electron chi connectivity index (χ3n) is 4.54. The van der Waals surface area contributed by atoms with Crippen molar-refractivity contribution in [3.05, 3.63) is 65.5 Å². The van der Waals surface area contributed by atoms with Crippen LogP contribution in [0.4, 0.5) is 10.1 Å². The molecule has 1 saturated heterocycles. The summed E-state index contributed by atoms with van der Waals surface area (Å²) in [6, 6.07) is 12.7. The second-order valence-corrected chi connectivity index (χ2v) is 6.17. The number of nitrogens with one attached hydrogen (secondary N) is 1. The fourth-order valence-corrected chi connectivity index (χ4v) is 3.24. The van der Waals surface area contributed by atoms with Gasteiger partial charge in [-0.1, -0.05) is 31.2 Å². The maximum absolute atomic E-state index is 13.4. The Morgan fingerprint density at radius 3 is 2.76 bits per heavy atom. The highest BCUT2D eigenvalue weighted by atomic mass is 19.1. The number of hydrogen-bond acceptors (Lipinski definition) is 2. The van der Waals surface area contributed by atoms with Crippen LogP contribution in [0.2, 0.25) is 0 Å². The second-order valence-electron chi connectivity index (χ2n) is 6.17. The first-order chi connectivity index (χ1) is 12.1. The molecule has 1 N–H and O–H groups in total. The molecule has 1 heterocycles. The van der Waals surface area contributed by atoms with Crippen LogP contribution in [0.1, 0.15) is 35.7 Å². The summed E-state index contributed by atoms with van der Waals surface area (Å²) in [7, 11) is 0. The third kappa shape index (κ3) is 3.71. The SMILES string of the molecule is CCc1ccccc1NC(=O)[C@@H]1CCCN1C(=O)c1cccc(F)c1. The van der Waals surface area contributed by atoms with Gasteiger partial charge in [0.15, 0.2) is 0 Å². The Labute approximate surface area is 146 Å². The van der Waals surface area contributed by atoms with Crippen molar-refractivity contribution in [3.8, 4) is 0 Å². The van der Waals surface area contributed by atoms with Gasteiger partial charge in [0.25, 0.3) is 5.91 Å². The van der Waals surface area contributed by atoms with Gasteiger partial charge in [0.2, 0.25) is 5.91 Å². The molecule has 0 aliphatic carbocycles. The number of halogens is 1. The summed E-state index contributed by atoms with van der Waals surface area (Å²) in [5.74, 6) is -0.952. The minimum atomic E-state index is -0.527. The van der Waals surface area contributed by atoms with Gasteiger partial charge < -0.3 is 10.2 Å². The highest BCUT2D eigenvalue weighted by molar-refractivity contribution is 6.01. The number of amides is 2. The highest BCUT2D eigenvalue weighted by Crippen LogP contribution is 2.23. The number of benzene rings is 2. The Bertz CT molecular complexity index is 791. The van der Waals surface area contributed by atoms with Crippen LogP contribution in [0.3, 0.4) is 0 Å². The highest BCUT2D eigenvalue weighted by Gasteiger charge is 2.34. The first kappa shape index (κ1) is 17.1. The summed E-state index contributed by atoms with van der Waals surface area (Å²) in [5, 5.41) is 2.94. The van der Waals surface area contributed by atoms with Crippen LogP contribution >= 0.6 is 0 Å². The van der Waals surface area contributed by atoms with E-state index in [-0.39, 0.29) is 17.4 Å². The summed E-state index contributed by atoms with van der Waals surface area (Å²) in [6.07, 6.45) is 2.18. The van der Waals surface area contributed by atoms with Crippen LogP contribution in [-0.4, -0.2) is 29.3 Å². The normalized spacial score (nSPS) is 16.7. The Morgan fingerprint density at radius 2 is 2.00 bits per heavy atom. The van der Waals surface area contributed by atoms with E-state index in [1.165, 1.54) is 18.2 Å². The van der Waals surface area contributed by atoms with Gasteiger partial charge in [0, 0.05) is 17.8 Å². The first-order valence-corrected chi connectivity index (χ1v) is 8.55. The van der Waals surface area contributed by atoms with E-state index in [4.69, 9.17) is 0 Å². The van der Waals surface area contributed by atoms with Crippen LogP contribution in [0.25, 0.3) is 0 Å². The van der Waals surface area contributed by atoms with Crippen LogP contribution in [0, 0.1) is 5.82 Å². The lowest BCUT2D eigenvalue weighted by Gasteiger charge is -2.24. The smallest absolute Gasteiger partial charge is 0.254 e. The number of nitrogens with zero attached hydrogens (tertiary/aromatic N) is 1. The molecule has 2 aromatic rings. The van der Waals surface area contributed by atoms with Gasteiger partial charge in [-0.25, -0.2) is 4.39 Å². The maximum atomic E-state index is 13.4. The Morgan fingerprint density at radius 1 is 1.20 bits per heavy atom. The predicted molar refractivity (Wildman–Crippen MR) is 94.9 cm³/mol. The lowest BCUT2D eigenvalue weighted by Crippen LogP contribution is -2.43.